The molecule has 0 aliphatic carbocycles. The summed E-state index contributed by atoms with van der Waals surface area (Å²) < 4.78 is 4.83. The molecule has 1 aromatic carbocycles. The molecule has 2 N–H and O–H groups in total. The molecular weight excluding hydrogens is 190 g/mol. The zero-order chi connectivity index (χ0) is 11.1. The lowest BCUT2D eigenvalue weighted by Crippen LogP contribution is -2.13. The number of benzene rings is 1. The summed E-state index contributed by atoms with van der Waals surface area (Å²) in [4.78, 5) is 11.1. The molecule has 0 spiro atoms. The van der Waals surface area contributed by atoms with Crippen molar-refractivity contribution in [3.63, 3.8) is 0 Å². The molecule has 1 rings (SSSR count). The van der Waals surface area contributed by atoms with Gasteiger partial charge in [0.1, 0.15) is 0 Å². The molecule has 0 saturated heterocycles. The monoisotopic (exact) mass is 207 g/mol. The maximum atomic E-state index is 11.1. The van der Waals surface area contributed by atoms with Crippen LogP contribution in [-0.4, -0.2) is 12.6 Å². The van der Waals surface area contributed by atoms with E-state index in [1.165, 1.54) is 0 Å². The van der Waals surface area contributed by atoms with Gasteiger partial charge < -0.3 is 10.5 Å². The molecule has 0 aromatic heterocycles. The summed E-state index contributed by atoms with van der Waals surface area (Å²) in [5.74, 6) is -0.177. The van der Waals surface area contributed by atoms with Gasteiger partial charge in [-0.2, -0.15) is 0 Å². The maximum Gasteiger partial charge on any atom is 0.305 e. The van der Waals surface area contributed by atoms with E-state index in [1.54, 1.807) is 6.92 Å². The van der Waals surface area contributed by atoms with Crippen molar-refractivity contribution in [3.8, 4) is 0 Å². The number of carbonyl (C=O) groups is 1. The molecule has 1 aromatic rings. The van der Waals surface area contributed by atoms with Gasteiger partial charge in [-0.05, 0) is 18.9 Å². The van der Waals surface area contributed by atoms with Gasteiger partial charge in [0, 0.05) is 12.5 Å². The van der Waals surface area contributed by atoms with Crippen molar-refractivity contribution in [2.45, 2.75) is 25.8 Å². The van der Waals surface area contributed by atoms with Gasteiger partial charge in [0.2, 0.25) is 0 Å². The number of ether oxygens (including phenoxy) is 1. The molecule has 82 valence electrons. The van der Waals surface area contributed by atoms with Crippen molar-refractivity contribution in [3.05, 3.63) is 35.9 Å². The van der Waals surface area contributed by atoms with Gasteiger partial charge in [0.05, 0.1) is 6.61 Å². The summed E-state index contributed by atoms with van der Waals surface area (Å²) >= 11 is 0. The Hall–Kier alpha value is -1.35. The minimum Gasteiger partial charge on any atom is -0.466 e. The first-order valence-corrected chi connectivity index (χ1v) is 5.20. The molecule has 3 nitrogen and oxygen atoms in total. The third kappa shape index (κ3) is 4.13. The van der Waals surface area contributed by atoms with Crippen LogP contribution in [0.5, 0.6) is 0 Å². The minimum absolute atomic E-state index is 0.0874. The van der Waals surface area contributed by atoms with E-state index in [-0.39, 0.29) is 12.0 Å². The predicted molar refractivity (Wildman–Crippen MR) is 59.2 cm³/mol. The number of hydrogen-bond donors (Lipinski definition) is 1. The highest BCUT2D eigenvalue weighted by Crippen LogP contribution is 2.15. The third-order valence-electron chi connectivity index (χ3n) is 2.19. The number of nitrogens with two attached hydrogens (primary N) is 1. The molecule has 0 fully saturated rings. The Bertz CT molecular complexity index is 298. The Morgan fingerprint density at radius 2 is 2.07 bits per heavy atom. The summed E-state index contributed by atoms with van der Waals surface area (Å²) in [6, 6.07) is 9.68. The van der Waals surface area contributed by atoms with E-state index >= 15 is 0 Å². The Morgan fingerprint density at radius 3 is 2.67 bits per heavy atom. The lowest BCUT2D eigenvalue weighted by Gasteiger charge is -2.10. The quantitative estimate of drug-likeness (QED) is 0.751. The van der Waals surface area contributed by atoms with E-state index in [2.05, 4.69) is 0 Å². The smallest absolute Gasteiger partial charge is 0.305 e. The molecule has 15 heavy (non-hydrogen) atoms. The van der Waals surface area contributed by atoms with Gasteiger partial charge in [0.15, 0.2) is 0 Å². The molecular formula is C12H17NO2. The second-order valence-electron chi connectivity index (χ2n) is 3.36. The fraction of sp³-hybridized carbons (Fsp3) is 0.417. The number of carbonyl (C=O) groups excluding carboxylic acids is 1. The topological polar surface area (TPSA) is 52.3 Å². The highest BCUT2D eigenvalue weighted by Gasteiger charge is 2.08. The van der Waals surface area contributed by atoms with Crippen LogP contribution in [0.2, 0.25) is 0 Å². The van der Waals surface area contributed by atoms with E-state index < -0.39 is 0 Å². The normalized spacial score (nSPS) is 12.1. The van der Waals surface area contributed by atoms with Crippen LogP contribution in [0.3, 0.4) is 0 Å². The van der Waals surface area contributed by atoms with Crippen molar-refractivity contribution < 1.29 is 9.53 Å². The number of rotatable bonds is 5. The van der Waals surface area contributed by atoms with Gasteiger partial charge in [-0.1, -0.05) is 30.3 Å². The molecule has 0 aliphatic heterocycles. The zero-order valence-corrected chi connectivity index (χ0v) is 8.98. The average molecular weight is 207 g/mol. The van der Waals surface area contributed by atoms with Crippen molar-refractivity contribution in [1.29, 1.82) is 0 Å². The molecule has 3 heteroatoms. The number of esters is 1. The summed E-state index contributed by atoms with van der Waals surface area (Å²) in [7, 11) is 0. The third-order valence-corrected chi connectivity index (χ3v) is 2.19. The van der Waals surface area contributed by atoms with Gasteiger partial charge in [-0.3, -0.25) is 4.79 Å². The Balaban J connectivity index is 2.37. The first-order valence-electron chi connectivity index (χ1n) is 5.20. The van der Waals surface area contributed by atoms with E-state index in [9.17, 15) is 4.79 Å². The minimum atomic E-state index is -0.177. The van der Waals surface area contributed by atoms with Crippen LogP contribution < -0.4 is 5.73 Å². The van der Waals surface area contributed by atoms with Crippen molar-refractivity contribution in [2.24, 2.45) is 5.73 Å². The number of hydrogen-bond acceptors (Lipinski definition) is 3. The molecule has 0 aliphatic rings. The summed E-state index contributed by atoms with van der Waals surface area (Å²) in [5, 5.41) is 0. The fourth-order valence-corrected chi connectivity index (χ4v) is 1.37. The zero-order valence-electron chi connectivity index (χ0n) is 8.98. The van der Waals surface area contributed by atoms with Crippen LogP contribution in [0, 0.1) is 0 Å². The maximum absolute atomic E-state index is 11.1. The van der Waals surface area contributed by atoms with E-state index in [1.807, 2.05) is 30.3 Å². The van der Waals surface area contributed by atoms with E-state index in [0.29, 0.717) is 19.4 Å². The summed E-state index contributed by atoms with van der Waals surface area (Å²) in [6.45, 7) is 2.23. The highest BCUT2D eigenvalue weighted by molar-refractivity contribution is 5.69. The van der Waals surface area contributed by atoms with Gasteiger partial charge >= 0.3 is 5.97 Å². The SMILES string of the molecule is CCOC(=O)CC[C@@H](N)c1ccccc1. The predicted octanol–water partition coefficient (Wildman–Crippen LogP) is 2.03. The van der Waals surface area contributed by atoms with Crippen LogP contribution in [0.15, 0.2) is 30.3 Å². The van der Waals surface area contributed by atoms with Crippen LogP contribution in [-0.2, 0) is 9.53 Å². The van der Waals surface area contributed by atoms with Crippen molar-refractivity contribution >= 4 is 5.97 Å². The summed E-state index contributed by atoms with van der Waals surface area (Å²) in [6.07, 6.45) is 1.01. The highest BCUT2D eigenvalue weighted by atomic mass is 16.5. The second kappa shape index (κ2) is 6.19. The lowest BCUT2D eigenvalue weighted by atomic mass is 10.0. The van der Waals surface area contributed by atoms with Crippen LogP contribution in [0.1, 0.15) is 31.4 Å². The van der Waals surface area contributed by atoms with Crippen LogP contribution >= 0.6 is 0 Å². The molecule has 0 amide bonds. The molecule has 0 radical (unpaired) electrons. The van der Waals surface area contributed by atoms with Crippen LogP contribution in [0.25, 0.3) is 0 Å². The second-order valence-corrected chi connectivity index (χ2v) is 3.36. The van der Waals surface area contributed by atoms with Crippen molar-refractivity contribution in [2.75, 3.05) is 6.61 Å². The Kier molecular flexibility index (Phi) is 4.84. The largest absolute Gasteiger partial charge is 0.466 e. The molecule has 0 heterocycles. The van der Waals surface area contributed by atoms with Crippen molar-refractivity contribution in [1.82, 2.24) is 0 Å². The molecule has 0 bridgehead atoms. The first-order chi connectivity index (χ1) is 7.24. The lowest BCUT2D eigenvalue weighted by molar-refractivity contribution is -0.143. The molecule has 0 unspecified atom stereocenters. The van der Waals surface area contributed by atoms with E-state index in [4.69, 9.17) is 10.5 Å². The Labute approximate surface area is 90.2 Å². The average Bonchev–Trinajstić information content (AvgIpc) is 2.27. The summed E-state index contributed by atoms with van der Waals surface area (Å²) in [5.41, 5.74) is 6.99. The standard InChI is InChI=1S/C12H17NO2/c1-2-15-12(14)9-8-11(13)10-6-4-3-5-7-10/h3-7,11H,2,8-9,13H2,1H3/t11-/m1/s1. The van der Waals surface area contributed by atoms with Crippen LogP contribution in [0.4, 0.5) is 0 Å². The van der Waals surface area contributed by atoms with Gasteiger partial charge in [-0.25, -0.2) is 0 Å². The Morgan fingerprint density at radius 1 is 1.40 bits per heavy atom. The van der Waals surface area contributed by atoms with Gasteiger partial charge in [0.25, 0.3) is 0 Å². The fourth-order valence-electron chi connectivity index (χ4n) is 1.37. The van der Waals surface area contributed by atoms with E-state index in [0.717, 1.165) is 5.56 Å². The first kappa shape index (κ1) is 11.7. The molecule has 0 saturated carbocycles. The van der Waals surface area contributed by atoms with Gasteiger partial charge in [-0.15, -0.1) is 0 Å². The molecule has 1 atom stereocenters.